The fraction of sp³-hybridized carbons (Fsp3) is 0.143. The molecule has 0 aromatic heterocycles. The molecule has 0 aliphatic heterocycles. The molecule has 0 fully saturated rings. The van der Waals surface area contributed by atoms with E-state index in [2.05, 4.69) is 37.4 Å². The van der Waals surface area contributed by atoms with Crippen LogP contribution >= 0.6 is 66.5 Å². The van der Waals surface area contributed by atoms with Crippen LogP contribution in [-0.4, -0.2) is 20.1 Å². The van der Waals surface area contributed by atoms with Crippen LogP contribution in [0.25, 0.3) is 0 Å². The summed E-state index contributed by atoms with van der Waals surface area (Å²) < 4.78 is 0. The van der Waals surface area contributed by atoms with Gasteiger partial charge in [-0.15, -0.1) is 66.5 Å². The molecule has 0 spiro atoms. The van der Waals surface area contributed by atoms with Crippen molar-refractivity contribution in [2.75, 3.05) is 0 Å². The van der Waals surface area contributed by atoms with Crippen LogP contribution < -0.4 is 20.7 Å². The summed E-state index contributed by atoms with van der Waals surface area (Å²) in [7, 11) is -1.85. The third-order valence-corrected chi connectivity index (χ3v) is 13.3. The first kappa shape index (κ1) is 20.1. The summed E-state index contributed by atoms with van der Waals surface area (Å²) in [5, 5.41) is 4.13. The van der Waals surface area contributed by atoms with Crippen LogP contribution in [0.4, 0.5) is 0 Å². The second kappa shape index (κ2) is 7.22. The van der Waals surface area contributed by atoms with Crippen molar-refractivity contribution in [1.82, 2.24) is 0 Å². The number of rotatable bonds is 4. The summed E-state index contributed by atoms with van der Waals surface area (Å²) in [6, 6.07) is 10.3. The highest BCUT2D eigenvalue weighted by Crippen LogP contribution is 2.20. The third-order valence-electron chi connectivity index (χ3n) is 3.87. The molecule has 0 bridgehead atoms. The second-order valence-electron chi connectivity index (χ2n) is 5.78. The minimum atomic E-state index is -2.83. The summed E-state index contributed by atoms with van der Waals surface area (Å²) in [4.78, 5) is 0. The van der Waals surface area contributed by atoms with Gasteiger partial charge in [0.05, 0.1) is 0 Å². The van der Waals surface area contributed by atoms with Crippen LogP contribution in [0, 0.1) is 0 Å². The molecule has 0 N–H and O–H groups in total. The average molecular weight is 479 g/mol. The smallest absolute Gasteiger partial charge is 0.121 e. The zero-order chi connectivity index (χ0) is 17.5. The van der Waals surface area contributed by atoms with E-state index in [0.717, 1.165) is 10.4 Å². The van der Waals surface area contributed by atoms with Crippen molar-refractivity contribution >= 4 is 107 Å². The van der Waals surface area contributed by atoms with Crippen LogP contribution in [0.3, 0.4) is 0 Å². The van der Waals surface area contributed by atoms with E-state index in [4.69, 9.17) is 66.5 Å². The lowest BCUT2D eigenvalue weighted by atomic mass is 10.3. The monoisotopic (exact) mass is 476 g/mol. The number of halogens is 6. The molecule has 0 radical (unpaired) electrons. The van der Waals surface area contributed by atoms with E-state index < -0.39 is 20.1 Å². The molecule has 0 saturated carbocycles. The predicted octanol–water partition coefficient (Wildman–Crippen LogP) is 4.23. The summed E-state index contributed by atoms with van der Waals surface area (Å²) >= 11 is 36.3. The maximum absolute atomic E-state index is 6.05. The zero-order valence-corrected chi connectivity index (χ0v) is 19.9. The molecule has 0 aliphatic carbocycles. The zero-order valence-electron chi connectivity index (χ0n) is 12.4. The van der Waals surface area contributed by atoms with Crippen molar-refractivity contribution in [1.29, 1.82) is 0 Å². The maximum atomic E-state index is 6.05. The van der Waals surface area contributed by atoms with E-state index in [1.165, 1.54) is 10.4 Å². The highest BCUT2D eigenvalue weighted by atomic mass is 35.8. The SMILES string of the molecule is C[Si](C)(c1ccc([Si](Cl)(Cl)Cl)cc1)c1ccc([Si](Cl)(Cl)Cl)cc1. The molecule has 0 aliphatic rings. The Bertz CT molecular complexity index is 612. The summed E-state index contributed by atoms with van der Waals surface area (Å²) in [6.45, 7) is 4.55. The molecular formula is C14H14Cl6Si3. The Kier molecular flexibility index (Phi) is 6.32. The average Bonchev–Trinajstić information content (AvgIpc) is 2.46. The molecule has 23 heavy (non-hydrogen) atoms. The molecule has 0 unspecified atom stereocenters. The summed E-state index contributed by atoms with van der Waals surface area (Å²) in [5.74, 6) is 0. The van der Waals surface area contributed by atoms with Crippen LogP contribution in [0.5, 0.6) is 0 Å². The molecule has 0 nitrogen and oxygen atoms in total. The largest absolute Gasteiger partial charge is 0.372 e. The van der Waals surface area contributed by atoms with E-state index in [1.54, 1.807) is 0 Å². The van der Waals surface area contributed by atoms with Gasteiger partial charge < -0.3 is 0 Å². The molecule has 0 saturated heterocycles. The van der Waals surface area contributed by atoms with Gasteiger partial charge in [-0.3, -0.25) is 0 Å². The highest BCUT2D eigenvalue weighted by Gasteiger charge is 2.32. The van der Waals surface area contributed by atoms with E-state index >= 15 is 0 Å². The van der Waals surface area contributed by atoms with Crippen LogP contribution in [-0.2, 0) is 0 Å². The Labute approximate surface area is 167 Å². The van der Waals surface area contributed by atoms with Gasteiger partial charge in [0, 0.05) is 0 Å². The Morgan fingerprint density at radius 1 is 0.478 bits per heavy atom. The van der Waals surface area contributed by atoms with E-state index in [1.807, 2.05) is 24.3 Å². The lowest BCUT2D eigenvalue weighted by Crippen LogP contribution is -2.53. The summed E-state index contributed by atoms with van der Waals surface area (Å²) in [6.07, 6.45) is 0. The van der Waals surface area contributed by atoms with Gasteiger partial charge in [-0.2, -0.15) is 0 Å². The molecule has 2 aromatic rings. The molecule has 0 amide bonds. The van der Waals surface area contributed by atoms with Crippen molar-refractivity contribution in [2.24, 2.45) is 0 Å². The van der Waals surface area contributed by atoms with Gasteiger partial charge in [0.2, 0.25) is 0 Å². The van der Waals surface area contributed by atoms with Gasteiger partial charge in [-0.25, -0.2) is 0 Å². The quantitative estimate of drug-likeness (QED) is 0.455. The second-order valence-corrected chi connectivity index (χ2v) is 27.0. The standard InChI is InChI=1S/C14H14Cl6Si3/c1-21(2,11-3-7-13(8-4-11)22(15,16)17)12-5-9-14(10-6-12)23(18,19)20/h3-10H,1-2H3. The Morgan fingerprint density at radius 3 is 0.913 bits per heavy atom. The summed E-state index contributed by atoms with van der Waals surface area (Å²) in [5.41, 5.74) is 0. The third kappa shape index (κ3) is 4.93. The van der Waals surface area contributed by atoms with Crippen LogP contribution in [0.15, 0.2) is 48.5 Å². The van der Waals surface area contributed by atoms with Gasteiger partial charge in [0.15, 0.2) is 0 Å². The van der Waals surface area contributed by atoms with Gasteiger partial charge in [-0.05, 0) is 10.4 Å². The Morgan fingerprint density at radius 2 is 0.696 bits per heavy atom. The molecule has 0 heterocycles. The Hall–Kier alpha value is 0.831. The maximum Gasteiger partial charge on any atom is 0.372 e. The lowest BCUT2D eigenvalue weighted by molar-refractivity contribution is 1.70. The van der Waals surface area contributed by atoms with Crippen molar-refractivity contribution in [3.63, 3.8) is 0 Å². The number of benzene rings is 2. The van der Waals surface area contributed by atoms with Crippen molar-refractivity contribution < 1.29 is 0 Å². The predicted molar refractivity (Wildman–Crippen MR) is 116 cm³/mol. The van der Waals surface area contributed by atoms with E-state index in [0.29, 0.717) is 0 Å². The normalized spacial score (nSPS) is 13.2. The van der Waals surface area contributed by atoms with Gasteiger partial charge >= 0.3 is 12.0 Å². The van der Waals surface area contributed by atoms with E-state index in [-0.39, 0.29) is 0 Å². The van der Waals surface area contributed by atoms with Crippen molar-refractivity contribution in [3.8, 4) is 0 Å². The van der Waals surface area contributed by atoms with Gasteiger partial charge in [0.1, 0.15) is 8.07 Å². The van der Waals surface area contributed by atoms with E-state index in [9.17, 15) is 0 Å². The molecular weight excluding hydrogens is 465 g/mol. The minimum Gasteiger partial charge on any atom is -0.121 e. The van der Waals surface area contributed by atoms with Crippen molar-refractivity contribution in [2.45, 2.75) is 13.1 Å². The first-order chi connectivity index (χ1) is 10.4. The van der Waals surface area contributed by atoms with Crippen molar-refractivity contribution in [3.05, 3.63) is 48.5 Å². The molecule has 0 atom stereocenters. The highest BCUT2D eigenvalue weighted by molar-refractivity contribution is 7.70. The Balaban J connectivity index is 2.34. The molecule has 2 aromatic carbocycles. The minimum absolute atomic E-state index is 0.800. The molecule has 9 heteroatoms. The first-order valence-corrected chi connectivity index (χ1v) is 19.8. The van der Waals surface area contributed by atoms with Crippen LogP contribution in [0.1, 0.15) is 0 Å². The topological polar surface area (TPSA) is 0 Å². The molecule has 124 valence electrons. The lowest BCUT2D eigenvalue weighted by Gasteiger charge is -2.25. The fourth-order valence-corrected chi connectivity index (χ4v) is 8.01. The van der Waals surface area contributed by atoms with Gasteiger partial charge in [0.25, 0.3) is 0 Å². The fourth-order valence-electron chi connectivity index (χ4n) is 2.32. The number of hydrogen-bond donors (Lipinski definition) is 0. The van der Waals surface area contributed by atoms with Gasteiger partial charge in [-0.1, -0.05) is 72.0 Å². The molecule has 2 rings (SSSR count). The van der Waals surface area contributed by atoms with Crippen LogP contribution in [0.2, 0.25) is 13.1 Å². The number of hydrogen-bond acceptors (Lipinski definition) is 0. The first-order valence-electron chi connectivity index (χ1n) is 6.78.